The lowest BCUT2D eigenvalue weighted by atomic mass is 10.1. The van der Waals surface area contributed by atoms with Gasteiger partial charge in [-0.3, -0.25) is 9.59 Å². The van der Waals surface area contributed by atoms with Crippen LogP contribution < -0.4 is 10.6 Å². The maximum absolute atomic E-state index is 12.3. The number of anilines is 1. The van der Waals surface area contributed by atoms with Gasteiger partial charge in [-0.2, -0.15) is 13.2 Å². The molecule has 2 rings (SSSR count). The van der Waals surface area contributed by atoms with Crippen LogP contribution in [0.25, 0.3) is 0 Å². The van der Waals surface area contributed by atoms with Crippen molar-refractivity contribution in [2.75, 3.05) is 5.32 Å². The Labute approximate surface area is 150 Å². The first-order chi connectivity index (χ1) is 11.7. The Morgan fingerprint density at radius 3 is 2.44 bits per heavy atom. The molecule has 25 heavy (non-hydrogen) atoms. The second kappa shape index (κ2) is 7.76. The molecule has 0 fully saturated rings. The molecule has 2 aromatic rings. The first-order valence-electron chi connectivity index (χ1n) is 6.87. The third-order valence-electron chi connectivity index (χ3n) is 3.07. The number of rotatable bonds is 4. The number of nitrogens with one attached hydrogen (secondary N) is 2. The summed E-state index contributed by atoms with van der Waals surface area (Å²) in [6.07, 6.45) is -4.98. The number of alkyl halides is 3. The average molecular weight is 391 g/mol. The molecule has 0 aromatic heterocycles. The van der Waals surface area contributed by atoms with Gasteiger partial charge in [0.15, 0.2) is 0 Å². The number of carbonyl (C=O) groups is 2. The van der Waals surface area contributed by atoms with Gasteiger partial charge in [0.05, 0.1) is 10.6 Å². The summed E-state index contributed by atoms with van der Waals surface area (Å²) in [5, 5.41) is 4.88. The van der Waals surface area contributed by atoms with Gasteiger partial charge in [-0.15, -0.1) is 0 Å². The number of hydrogen-bond donors (Lipinski definition) is 2. The Kier molecular flexibility index (Phi) is 5.92. The molecule has 0 saturated carbocycles. The van der Waals surface area contributed by atoms with Crippen LogP contribution in [0.2, 0.25) is 10.0 Å². The lowest BCUT2D eigenvalue weighted by Gasteiger charge is -2.10. The summed E-state index contributed by atoms with van der Waals surface area (Å²) in [6, 6.07) is 10.1. The van der Waals surface area contributed by atoms with Gasteiger partial charge >= 0.3 is 12.1 Å². The number of benzene rings is 2. The molecule has 0 radical (unpaired) electrons. The van der Waals surface area contributed by atoms with Crippen LogP contribution in [0.3, 0.4) is 0 Å². The van der Waals surface area contributed by atoms with Crippen molar-refractivity contribution >= 4 is 40.7 Å². The lowest BCUT2D eigenvalue weighted by Crippen LogP contribution is -2.30. The number of carbonyl (C=O) groups excluding carboxylic acids is 2. The molecular weight excluding hydrogens is 380 g/mol. The van der Waals surface area contributed by atoms with E-state index in [1.165, 1.54) is 36.4 Å². The molecule has 9 heteroatoms. The minimum atomic E-state index is -4.98. The molecular formula is C16H11Cl2F3N2O2. The van der Waals surface area contributed by atoms with Crippen molar-refractivity contribution in [3.63, 3.8) is 0 Å². The first-order valence-corrected chi connectivity index (χ1v) is 7.63. The molecule has 0 spiro atoms. The van der Waals surface area contributed by atoms with Crippen molar-refractivity contribution in [1.29, 1.82) is 0 Å². The van der Waals surface area contributed by atoms with Crippen molar-refractivity contribution in [3.05, 3.63) is 63.6 Å². The summed E-state index contributed by atoms with van der Waals surface area (Å²) in [5.74, 6) is -2.56. The molecule has 132 valence electrons. The number of hydrogen-bond acceptors (Lipinski definition) is 2. The number of amides is 2. The summed E-state index contributed by atoms with van der Waals surface area (Å²) >= 11 is 11.7. The zero-order valence-electron chi connectivity index (χ0n) is 12.5. The van der Waals surface area contributed by atoms with E-state index in [0.717, 1.165) is 0 Å². The van der Waals surface area contributed by atoms with E-state index in [2.05, 4.69) is 5.32 Å². The van der Waals surface area contributed by atoms with Crippen LogP contribution in [-0.2, 0) is 11.3 Å². The summed E-state index contributed by atoms with van der Waals surface area (Å²) in [6.45, 7) is 0.0252. The smallest absolute Gasteiger partial charge is 0.348 e. The first kappa shape index (κ1) is 19.1. The third-order valence-corrected chi connectivity index (χ3v) is 3.63. The van der Waals surface area contributed by atoms with Gasteiger partial charge < -0.3 is 10.6 Å². The molecule has 2 N–H and O–H groups in total. The van der Waals surface area contributed by atoms with E-state index in [0.29, 0.717) is 10.6 Å². The van der Waals surface area contributed by atoms with Gasteiger partial charge in [-0.05, 0) is 35.9 Å². The highest BCUT2D eigenvalue weighted by molar-refractivity contribution is 6.35. The van der Waals surface area contributed by atoms with E-state index in [-0.39, 0.29) is 22.8 Å². The minimum Gasteiger partial charge on any atom is -0.348 e. The van der Waals surface area contributed by atoms with Gasteiger partial charge in [-0.1, -0.05) is 35.3 Å². The molecule has 0 aliphatic carbocycles. The van der Waals surface area contributed by atoms with Crippen molar-refractivity contribution in [1.82, 2.24) is 5.32 Å². The van der Waals surface area contributed by atoms with Crippen LogP contribution in [0.4, 0.5) is 18.9 Å². The fourth-order valence-corrected chi connectivity index (χ4v) is 2.29. The van der Waals surface area contributed by atoms with Crippen LogP contribution >= 0.6 is 23.2 Å². The van der Waals surface area contributed by atoms with Crippen LogP contribution in [0, 0.1) is 0 Å². The molecule has 2 aromatic carbocycles. The Balaban J connectivity index is 2.04. The molecule has 0 aliphatic rings. The highest BCUT2D eigenvalue weighted by Crippen LogP contribution is 2.21. The normalized spacial score (nSPS) is 11.1. The Morgan fingerprint density at radius 2 is 1.76 bits per heavy atom. The van der Waals surface area contributed by atoms with Gasteiger partial charge in [0.1, 0.15) is 0 Å². The van der Waals surface area contributed by atoms with E-state index in [4.69, 9.17) is 23.2 Å². The Bertz CT molecular complexity index is 810. The fourth-order valence-electron chi connectivity index (χ4n) is 1.91. The van der Waals surface area contributed by atoms with E-state index in [1.807, 2.05) is 0 Å². The quantitative estimate of drug-likeness (QED) is 0.811. The van der Waals surface area contributed by atoms with E-state index in [9.17, 15) is 22.8 Å². The lowest BCUT2D eigenvalue weighted by molar-refractivity contribution is -0.167. The molecule has 0 heterocycles. The van der Waals surface area contributed by atoms with Gasteiger partial charge in [0.2, 0.25) is 0 Å². The second-order valence-electron chi connectivity index (χ2n) is 4.96. The fraction of sp³-hybridized carbons (Fsp3) is 0.125. The standard InChI is InChI=1S/C16H11Cl2F3N2O2/c17-10-4-5-13(18)12(7-10)14(24)22-8-9-2-1-3-11(6-9)23-15(25)16(19,20)21/h1-7H,8H2,(H,22,24)(H,23,25). The highest BCUT2D eigenvalue weighted by Gasteiger charge is 2.38. The van der Waals surface area contributed by atoms with E-state index < -0.39 is 18.0 Å². The van der Waals surface area contributed by atoms with Crippen LogP contribution in [0.1, 0.15) is 15.9 Å². The van der Waals surface area contributed by atoms with Crippen molar-refractivity contribution in [2.24, 2.45) is 0 Å². The van der Waals surface area contributed by atoms with Crippen molar-refractivity contribution in [2.45, 2.75) is 12.7 Å². The number of halogens is 5. The third kappa shape index (κ3) is 5.37. The SMILES string of the molecule is O=C(NCc1cccc(NC(=O)C(F)(F)F)c1)c1cc(Cl)ccc1Cl. The van der Waals surface area contributed by atoms with E-state index >= 15 is 0 Å². The molecule has 4 nitrogen and oxygen atoms in total. The van der Waals surface area contributed by atoms with Crippen LogP contribution in [0.15, 0.2) is 42.5 Å². The van der Waals surface area contributed by atoms with Gasteiger partial charge in [0.25, 0.3) is 5.91 Å². The maximum atomic E-state index is 12.3. The minimum absolute atomic E-state index is 0.0252. The van der Waals surface area contributed by atoms with Crippen molar-refractivity contribution in [3.8, 4) is 0 Å². The average Bonchev–Trinajstić information content (AvgIpc) is 2.54. The van der Waals surface area contributed by atoms with Crippen molar-refractivity contribution < 1.29 is 22.8 Å². The van der Waals surface area contributed by atoms with E-state index in [1.54, 1.807) is 11.4 Å². The molecule has 0 unspecified atom stereocenters. The van der Waals surface area contributed by atoms with Gasteiger partial charge in [0, 0.05) is 17.3 Å². The summed E-state index contributed by atoms with van der Waals surface area (Å²) in [7, 11) is 0. The topological polar surface area (TPSA) is 58.2 Å². The summed E-state index contributed by atoms with van der Waals surface area (Å²) in [5.41, 5.74) is 0.636. The second-order valence-corrected chi connectivity index (χ2v) is 5.80. The Morgan fingerprint density at radius 1 is 1.04 bits per heavy atom. The predicted octanol–water partition coefficient (Wildman–Crippen LogP) is 4.42. The molecule has 2 amide bonds. The van der Waals surface area contributed by atoms with Gasteiger partial charge in [-0.25, -0.2) is 0 Å². The maximum Gasteiger partial charge on any atom is 0.471 e. The van der Waals surface area contributed by atoms with Crippen LogP contribution in [-0.4, -0.2) is 18.0 Å². The highest BCUT2D eigenvalue weighted by atomic mass is 35.5. The molecule has 0 atom stereocenters. The predicted molar refractivity (Wildman–Crippen MR) is 88.8 cm³/mol. The Hall–Kier alpha value is -2.25. The summed E-state index contributed by atoms with van der Waals surface area (Å²) < 4.78 is 36.8. The summed E-state index contributed by atoms with van der Waals surface area (Å²) in [4.78, 5) is 23.0. The zero-order chi connectivity index (χ0) is 18.6. The molecule has 0 saturated heterocycles. The van der Waals surface area contributed by atoms with Crippen LogP contribution in [0.5, 0.6) is 0 Å². The zero-order valence-corrected chi connectivity index (χ0v) is 14.0. The molecule has 0 bridgehead atoms. The largest absolute Gasteiger partial charge is 0.471 e. The monoisotopic (exact) mass is 390 g/mol. The molecule has 0 aliphatic heterocycles.